The molecular formula is C13H13F2NS. The van der Waals surface area contributed by atoms with E-state index in [4.69, 9.17) is 5.73 Å². The van der Waals surface area contributed by atoms with Crippen LogP contribution < -0.4 is 5.73 Å². The van der Waals surface area contributed by atoms with Gasteiger partial charge in [-0.3, -0.25) is 0 Å². The first-order chi connectivity index (χ1) is 8.11. The fraction of sp³-hybridized carbons (Fsp3) is 0.231. The summed E-state index contributed by atoms with van der Waals surface area (Å²) in [7, 11) is 0. The number of nitrogens with two attached hydrogens (primary N) is 1. The van der Waals surface area contributed by atoms with Crippen LogP contribution in [-0.4, -0.2) is 0 Å². The minimum Gasteiger partial charge on any atom is -0.323 e. The molecule has 0 amide bonds. The number of halogens is 2. The average Bonchev–Trinajstić information content (AvgIpc) is 2.77. The van der Waals surface area contributed by atoms with Gasteiger partial charge in [-0.15, -0.1) is 11.3 Å². The first kappa shape index (κ1) is 12.2. The number of benzene rings is 1. The Morgan fingerprint density at radius 2 is 2.00 bits per heavy atom. The summed E-state index contributed by atoms with van der Waals surface area (Å²) in [6.07, 6.45) is 0.839. The maximum Gasteiger partial charge on any atom is 0.134 e. The molecule has 1 nitrogen and oxygen atoms in total. The van der Waals surface area contributed by atoms with Crippen molar-refractivity contribution in [1.29, 1.82) is 0 Å². The van der Waals surface area contributed by atoms with Crippen molar-refractivity contribution in [3.8, 4) is 10.4 Å². The van der Waals surface area contributed by atoms with E-state index in [0.717, 1.165) is 22.2 Å². The highest BCUT2D eigenvalue weighted by atomic mass is 32.1. The van der Waals surface area contributed by atoms with Crippen LogP contribution in [0, 0.1) is 11.6 Å². The summed E-state index contributed by atoms with van der Waals surface area (Å²) in [6, 6.07) is 7.32. The van der Waals surface area contributed by atoms with E-state index in [0.29, 0.717) is 5.56 Å². The van der Waals surface area contributed by atoms with Gasteiger partial charge in [-0.05, 0) is 30.7 Å². The molecule has 0 saturated heterocycles. The lowest BCUT2D eigenvalue weighted by Crippen LogP contribution is -2.05. The van der Waals surface area contributed by atoms with Gasteiger partial charge < -0.3 is 5.73 Å². The van der Waals surface area contributed by atoms with Crippen molar-refractivity contribution in [1.82, 2.24) is 0 Å². The molecule has 0 spiro atoms. The highest BCUT2D eigenvalue weighted by molar-refractivity contribution is 7.15. The molecular weight excluding hydrogens is 240 g/mol. The Bertz CT molecular complexity index is 522. The third kappa shape index (κ3) is 2.53. The molecule has 4 heteroatoms. The van der Waals surface area contributed by atoms with E-state index in [9.17, 15) is 8.78 Å². The predicted molar refractivity (Wildman–Crippen MR) is 66.9 cm³/mol. The molecule has 1 unspecified atom stereocenters. The van der Waals surface area contributed by atoms with Crippen molar-refractivity contribution >= 4 is 11.3 Å². The Labute approximate surface area is 103 Å². The molecule has 0 saturated carbocycles. The van der Waals surface area contributed by atoms with Gasteiger partial charge in [-0.25, -0.2) is 8.78 Å². The fourth-order valence-corrected chi connectivity index (χ4v) is 2.71. The standard InChI is InChI=1S/C13H13F2NS/c1-2-11(16)13-6-5-12(17-13)9-4-3-8(14)7-10(9)15/h3-7,11H,2,16H2,1H3. The molecule has 0 aliphatic rings. The van der Waals surface area contributed by atoms with Crippen molar-refractivity contribution in [2.24, 2.45) is 5.73 Å². The van der Waals surface area contributed by atoms with Gasteiger partial charge in [0, 0.05) is 27.4 Å². The van der Waals surface area contributed by atoms with E-state index in [2.05, 4.69) is 0 Å². The predicted octanol–water partition coefficient (Wildman–Crippen LogP) is 4.10. The zero-order valence-electron chi connectivity index (χ0n) is 9.41. The van der Waals surface area contributed by atoms with Crippen molar-refractivity contribution < 1.29 is 8.78 Å². The second-order valence-corrected chi connectivity index (χ2v) is 4.96. The van der Waals surface area contributed by atoms with Gasteiger partial charge in [0.15, 0.2) is 0 Å². The summed E-state index contributed by atoms with van der Waals surface area (Å²) in [5.74, 6) is -1.10. The molecule has 1 heterocycles. The monoisotopic (exact) mass is 253 g/mol. The highest BCUT2D eigenvalue weighted by Crippen LogP contribution is 2.33. The molecule has 1 aromatic carbocycles. The molecule has 2 rings (SSSR count). The third-order valence-electron chi connectivity index (χ3n) is 2.63. The van der Waals surface area contributed by atoms with Crippen LogP contribution in [0.4, 0.5) is 8.78 Å². The van der Waals surface area contributed by atoms with Gasteiger partial charge in [0.05, 0.1) is 0 Å². The van der Waals surface area contributed by atoms with Crippen molar-refractivity contribution in [3.63, 3.8) is 0 Å². The lowest BCUT2D eigenvalue weighted by atomic mass is 10.1. The van der Waals surface area contributed by atoms with E-state index in [-0.39, 0.29) is 6.04 Å². The molecule has 1 aromatic heterocycles. The molecule has 90 valence electrons. The lowest BCUT2D eigenvalue weighted by molar-refractivity contribution is 0.586. The van der Waals surface area contributed by atoms with Crippen LogP contribution in [0.2, 0.25) is 0 Å². The van der Waals surface area contributed by atoms with Crippen LogP contribution in [0.25, 0.3) is 10.4 Å². The normalized spacial score (nSPS) is 12.7. The second-order valence-electron chi connectivity index (χ2n) is 3.84. The molecule has 0 radical (unpaired) electrons. The maximum absolute atomic E-state index is 13.6. The SMILES string of the molecule is CCC(N)c1ccc(-c2ccc(F)cc2F)s1. The van der Waals surface area contributed by atoms with Crippen LogP contribution in [0.1, 0.15) is 24.3 Å². The van der Waals surface area contributed by atoms with Crippen molar-refractivity contribution in [2.45, 2.75) is 19.4 Å². The topological polar surface area (TPSA) is 26.0 Å². The summed E-state index contributed by atoms with van der Waals surface area (Å²) < 4.78 is 26.4. The number of hydrogen-bond acceptors (Lipinski definition) is 2. The molecule has 0 fully saturated rings. The first-order valence-corrected chi connectivity index (χ1v) is 6.24. The van der Waals surface area contributed by atoms with Crippen LogP contribution in [-0.2, 0) is 0 Å². The summed E-state index contributed by atoms with van der Waals surface area (Å²) in [6.45, 7) is 2.00. The quantitative estimate of drug-likeness (QED) is 0.875. The van der Waals surface area contributed by atoms with E-state index >= 15 is 0 Å². The average molecular weight is 253 g/mol. The van der Waals surface area contributed by atoms with E-state index in [1.807, 2.05) is 19.1 Å². The van der Waals surface area contributed by atoms with Gasteiger partial charge in [-0.1, -0.05) is 6.92 Å². The van der Waals surface area contributed by atoms with Gasteiger partial charge in [0.25, 0.3) is 0 Å². The largest absolute Gasteiger partial charge is 0.323 e. The molecule has 2 N–H and O–H groups in total. The van der Waals surface area contributed by atoms with Crippen LogP contribution in [0.5, 0.6) is 0 Å². The molecule has 2 aromatic rings. The number of hydrogen-bond donors (Lipinski definition) is 1. The fourth-order valence-electron chi connectivity index (χ4n) is 1.59. The van der Waals surface area contributed by atoms with Crippen LogP contribution in [0.3, 0.4) is 0 Å². The Kier molecular flexibility index (Phi) is 3.54. The highest BCUT2D eigenvalue weighted by Gasteiger charge is 2.11. The molecule has 0 aliphatic carbocycles. The summed E-state index contributed by atoms with van der Waals surface area (Å²) in [5.41, 5.74) is 6.33. The van der Waals surface area contributed by atoms with Crippen LogP contribution >= 0.6 is 11.3 Å². The second kappa shape index (κ2) is 4.94. The van der Waals surface area contributed by atoms with Gasteiger partial charge in [0.2, 0.25) is 0 Å². The summed E-state index contributed by atoms with van der Waals surface area (Å²) >= 11 is 1.45. The molecule has 17 heavy (non-hydrogen) atoms. The van der Waals surface area contributed by atoms with Gasteiger partial charge in [-0.2, -0.15) is 0 Å². The van der Waals surface area contributed by atoms with E-state index < -0.39 is 11.6 Å². The lowest BCUT2D eigenvalue weighted by Gasteiger charge is -2.04. The Hall–Kier alpha value is -1.26. The zero-order chi connectivity index (χ0) is 12.4. The van der Waals surface area contributed by atoms with Crippen molar-refractivity contribution in [3.05, 3.63) is 46.8 Å². The van der Waals surface area contributed by atoms with Gasteiger partial charge >= 0.3 is 0 Å². The van der Waals surface area contributed by atoms with Gasteiger partial charge in [0.1, 0.15) is 11.6 Å². The Balaban J connectivity index is 2.37. The third-order valence-corrected chi connectivity index (χ3v) is 3.88. The number of thiophene rings is 1. The Morgan fingerprint density at radius 1 is 1.24 bits per heavy atom. The number of rotatable bonds is 3. The van der Waals surface area contributed by atoms with Crippen LogP contribution in [0.15, 0.2) is 30.3 Å². The minimum absolute atomic E-state index is 0.0164. The molecule has 1 atom stereocenters. The zero-order valence-corrected chi connectivity index (χ0v) is 10.2. The van der Waals surface area contributed by atoms with E-state index in [1.54, 1.807) is 0 Å². The Morgan fingerprint density at radius 3 is 2.65 bits per heavy atom. The summed E-state index contributed by atoms with van der Waals surface area (Å²) in [5, 5.41) is 0. The minimum atomic E-state index is -0.562. The summed E-state index contributed by atoms with van der Waals surface area (Å²) in [4.78, 5) is 1.80. The maximum atomic E-state index is 13.6. The first-order valence-electron chi connectivity index (χ1n) is 5.42. The molecule has 0 bridgehead atoms. The van der Waals surface area contributed by atoms with Crippen molar-refractivity contribution in [2.75, 3.05) is 0 Å². The molecule has 0 aliphatic heterocycles. The van der Waals surface area contributed by atoms with E-state index in [1.165, 1.54) is 23.5 Å². The smallest absolute Gasteiger partial charge is 0.134 e.